The second-order valence-electron chi connectivity index (χ2n) is 11.4. The fourth-order valence-corrected chi connectivity index (χ4v) is 6.01. The van der Waals surface area contributed by atoms with Gasteiger partial charge in [0.05, 0.1) is 24.8 Å². The first-order valence-corrected chi connectivity index (χ1v) is 14.7. The molecule has 0 saturated carbocycles. The van der Waals surface area contributed by atoms with E-state index in [9.17, 15) is 40.7 Å². The second-order valence-corrected chi connectivity index (χ2v) is 11.4. The number of carbonyl (C=O) groups excluding carboxylic acids is 3. The molecule has 3 amide bonds. The number of fused-ring (bicyclic) bond motifs is 1. The first kappa shape index (κ1) is 33.6. The lowest BCUT2D eigenvalue weighted by atomic mass is 9.95. The maximum atomic E-state index is 13.8. The summed E-state index contributed by atoms with van der Waals surface area (Å²) in [6.07, 6.45) is -12.2. The van der Waals surface area contributed by atoms with E-state index in [1.165, 1.54) is 28.7 Å². The van der Waals surface area contributed by atoms with E-state index in [1.54, 1.807) is 54.6 Å². The molecule has 250 valence electrons. The highest BCUT2D eigenvalue weighted by molar-refractivity contribution is 5.90. The van der Waals surface area contributed by atoms with Gasteiger partial charge in [-0.25, -0.2) is 4.79 Å². The highest BCUT2D eigenvalue weighted by Crippen LogP contribution is 2.37. The second kappa shape index (κ2) is 13.2. The summed E-state index contributed by atoms with van der Waals surface area (Å²) >= 11 is 0. The van der Waals surface area contributed by atoms with Crippen LogP contribution >= 0.6 is 0 Å². The largest absolute Gasteiger partial charge is 0.497 e. The number of carbonyl (C=O) groups is 3. The lowest BCUT2D eigenvalue weighted by Gasteiger charge is -2.53. The summed E-state index contributed by atoms with van der Waals surface area (Å²) in [5.41, 5.74) is -2.06. The normalized spacial score (nSPS) is 20.3. The Morgan fingerprint density at radius 1 is 0.851 bits per heavy atom. The van der Waals surface area contributed by atoms with Gasteiger partial charge in [0, 0.05) is 19.0 Å². The van der Waals surface area contributed by atoms with E-state index in [4.69, 9.17) is 9.47 Å². The molecule has 3 aromatic rings. The topological polar surface area (TPSA) is 79.4 Å². The van der Waals surface area contributed by atoms with E-state index in [0.29, 0.717) is 17.9 Å². The molecule has 2 aliphatic heterocycles. The number of nitrogens with zero attached hydrogens (tertiary/aromatic N) is 3. The molecule has 0 bridgehead atoms. The van der Waals surface area contributed by atoms with E-state index in [-0.39, 0.29) is 43.8 Å². The van der Waals surface area contributed by atoms with Crippen molar-refractivity contribution in [3.8, 4) is 5.75 Å². The zero-order valence-corrected chi connectivity index (χ0v) is 25.3. The van der Waals surface area contributed by atoms with Crippen LogP contribution in [0.5, 0.6) is 5.75 Å². The molecule has 0 N–H and O–H groups in total. The first-order chi connectivity index (χ1) is 22.2. The van der Waals surface area contributed by atoms with Gasteiger partial charge in [-0.15, -0.1) is 0 Å². The lowest BCUT2D eigenvalue weighted by molar-refractivity contribution is -0.171. The number of piperazine rings is 1. The van der Waals surface area contributed by atoms with Crippen LogP contribution in [0.3, 0.4) is 0 Å². The molecule has 5 rings (SSSR count). The monoisotopic (exact) mass is 663 g/mol. The van der Waals surface area contributed by atoms with Crippen molar-refractivity contribution in [3.05, 3.63) is 101 Å². The van der Waals surface area contributed by atoms with Gasteiger partial charge in [-0.05, 0) is 60.4 Å². The Bertz CT molecular complexity index is 1580. The Morgan fingerprint density at radius 2 is 1.47 bits per heavy atom. The summed E-state index contributed by atoms with van der Waals surface area (Å²) in [5.74, 6) is -0.126. The molecule has 2 fully saturated rings. The number of benzene rings is 3. The summed E-state index contributed by atoms with van der Waals surface area (Å²) in [4.78, 5) is 44.8. The fourth-order valence-electron chi connectivity index (χ4n) is 6.01. The number of hydrogen-bond acceptors (Lipinski definition) is 5. The number of hydrogen-bond donors (Lipinski definition) is 0. The van der Waals surface area contributed by atoms with Crippen LogP contribution in [0.25, 0.3) is 0 Å². The molecule has 0 aliphatic carbocycles. The van der Waals surface area contributed by atoms with Crippen LogP contribution in [0.2, 0.25) is 0 Å². The molecular weight excluding hydrogens is 632 g/mol. The average molecular weight is 664 g/mol. The number of alkyl halides is 6. The number of ether oxygens (including phenoxy) is 2. The standard InChI is InChI=1S/C33H31F6N3O5/c1-20-30(44)40(17-22-8-10-27(46-2)11-9-22)18-28-41(20)29(43)16-26(14-21-6-4-3-5-7-21)42(28)31(45)47-19-23-12-24(32(34,35)36)15-25(13-23)33(37,38)39/h3-13,15,20,26,28H,14,16-19H2,1-2H3/t20-,26?,28?/m0/s1. The van der Waals surface area contributed by atoms with Crippen molar-refractivity contribution in [1.82, 2.24) is 14.7 Å². The summed E-state index contributed by atoms with van der Waals surface area (Å²) in [5, 5.41) is 0. The third kappa shape index (κ3) is 7.47. The maximum Gasteiger partial charge on any atom is 0.416 e. The molecule has 8 nitrogen and oxygen atoms in total. The molecule has 0 radical (unpaired) electrons. The van der Waals surface area contributed by atoms with Gasteiger partial charge < -0.3 is 19.3 Å². The number of amides is 3. The van der Waals surface area contributed by atoms with Gasteiger partial charge in [0.2, 0.25) is 11.8 Å². The number of methoxy groups -OCH3 is 1. The van der Waals surface area contributed by atoms with Crippen molar-refractivity contribution < 1.29 is 50.2 Å². The van der Waals surface area contributed by atoms with E-state index >= 15 is 0 Å². The van der Waals surface area contributed by atoms with Crippen LogP contribution in [-0.2, 0) is 46.3 Å². The predicted octanol–water partition coefficient (Wildman–Crippen LogP) is 6.27. The van der Waals surface area contributed by atoms with Crippen molar-refractivity contribution in [2.24, 2.45) is 0 Å². The van der Waals surface area contributed by atoms with Gasteiger partial charge in [-0.3, -0.25) is 14.5 Å². The molecule has 0 spiro atoms. The Kier molecular flexibility index (Phi) is 9.41. The minimum atomic E-state index is -5.08. The van der Waals surface area contributed by atoms with Gasteiger partial charge in [0.1, 0.15) is 24.6 Å². The highest BCUT2D eigenvalue weighted by atomic mass is 19.4. The predicted molar refractivity (Wildman–Crippen MR) is 156 cm³/mol. The van der Waals surface area contributed by atoms with Crippen molar-refractivity contribution in [3.63, 3.8) is 0 Å². The summed E-state index contributed by atoms with van der Waals surface area (Å²) < 4.78 is 91.3. The van der Waals surface area contributed by atoms with Crippen molar-refractivity contribution in [1.29, 1.82) is 0 Å². The van der Waals surface area contributed by atoms with E-state index < -0.39 is 60.0 Å². The summed E-state index contributed by atoms with van der Waals surface area (Å²) in [6.45, 7) is 0.673. The highest BCUT2D eigenvalue weighted by Gasteiger charge is 2.51. The Hall–Kier alpha value is -4.75. The van der Waals surface area contributed by atoms with Gasteiger partial charge in [-0.2, -0.15) is 26.3 Å². The van der Waals surface area contributed by atoms with Gasteiger partial charge in [0.15, 0.2) is 0 Å². The van der Waals surface area contributed by atoms with Crippen molar-refractivity contribution in [2.75, 3.05) is 13.7 Å². The van der Waals surface area contributed by atoms with Crippen molar-refractivity contribution in [2.45, 2.75) is 63.5 Å². The summed E-state index contributed by atoms with van der Waals surface area (Å²) in [6, 6.07) is 15.1. The first-order valence-electron chi connectivity index (χ1n) is 14.7. The summed E-state index contributed by atoms with van der Waals surface area (Å²) in [7, 11) is 1.52. The van der Waals surface area contributed by atoms with E-state index in [2.05, 4.69) is 0 Å². The minimum Gasteiger partial charge on any atom is -0.497 e. The van der Waals surface area contributed by atoms with Gasteiger partial charge in [0.25, 0.3) is 0 Å². The number of halogens is 6. The Balaban J connectivity index is 1.46. The third-order valence-corrected chi connectivity index (χ3v) is 8.27. The third-order valence-electron chi connectivity index (χ3n) is 8.27. The average Bonchev–Trinajstić information content (AvgIpc) is 3.02. The zero-order valence-electron chi connectivity index (χ0n) is 25.3. The maximum absolute atomic E-state index is 13.8. The lowest BCUT2D eigenvalue weighted by Crippen LogP contribution is -2.72. The van der Waals surface area contributed by atoms with Gasteiger partial charge >= 0.3 is 18.4 Å². The fraction of sp³-hybridized carbons (Fsp3) is 0.364. The molecule has 47 heavy (non-hydrogen) atoms. The molecule has 14 heteroatoms. The molecule has 2 aliphatic rings. The zero-order chi connectivity index (χ0) is 34.1. The van der Waals surface area contributed by atoms with Gasteiger partial charge in [-0.1, -0.05) is 42.5 Å². The van der Waals surface area contributed by atoms with Crippen LogP contribution in [0, 0.1) is 0 Å². The molecular formula is C33H31F6N3O5. The van der Waals surface area contributed by atoms with E-state index in [1.807, 2.05) is 0 Å². The molecule has 3 atom stereocenters. The molecule has 2 heterocycles. The smallest absolute Gasteiger partial charge is 0.416 e. The number of rotatable bonds is 7. The van der Waals surface area contributed by atoms with Crippen LogP contribution in [0.1, 0.15) is 41.2 Å². The molecule has 2 unspecified atom stereocenters. The molecule has 0 aromatic heterocycles. The molecule has 3 aromatic carbocycles. The van der Waals surface area contributed by atoms with Crippen LogP contribution in [0.4, 0.5) is 31.1 Å². The molecule has 2 saturated heterocycles. The van der Waals surface area contributed by atoms with E-state index in [0.717, 1.165) is 11.1 Å². The Morgan fingerprint density at radius 3 is 2.04 bits per heavy atom. The minimum absolute atomic E-state index is 0.00678. The van der Waals surface area contributed by atoms with Crippen molar-refractivity contribution >= 4 is 17.9 Å². The Labute approximate surface area is 266 Å². The SMILES string of the molecule is COc1ccc(CN2CC3N(C(=O)OCc4cc(C(F)(F)F)cc(C(F)(F)F)c4)C(Cc4ccccc4)CC(=O)N3[C@@H](C)C2=O)cc1. The van der Waals surface area contributed by atoms with Crippen LogP contribution in [0.15, 0.2) is 72.8 Å². The van der Waals surface area contributed by atoms with Crippen LogP contribution in [-0.4, -0.2) is 64.5 Å². The van der Waals surface area contributed by atoms with Crippen LogP contribution < -0.4 is 4.74 Å². The quantitative estimate of drug-likeness (QED) is 0.279.